The number of likely N-dealkylation sites (tertiary alicyclic amines) is 1. The minimum Gasteiger partial charge on any atom is -0.550 e. The third-order valence-corrected chi connectivity index (χ3v) is 6.27. The number of benzene rings is 2. The highest BCUT2D eigenvalue weighted by molar-refractivity contribution is 6.32. The highest BCUT2D eigenvalue weighted by Gasteiger charge is 2.25. The van der Waals surface area contributed by atoms with Gasteiger partial charge in [0.15, 0.2) is 6.10 Å². The molecule has 0 radical (unpaired) electrons. The highest BCUT2D eigenvalue weighted by Crippen LogP contribution is 2.34. The van der Waals surface area contributed by atoms with Gasteiger partial charge in [0.2, 0.25) is 0 Å². The molecule has 0 bridgehead atoms. The van der Waals surface area contributed by atoms with Crippen LogP contribution in [0.15, 0.2) is 47.6 Å². The molecule has 7 heteroatoms. The van der Waals surface area contributed by atoms with Gasteiger partial charge in [0.05, 0.1) is 16.8 Å². The summed E-state index contributed by atoms with van der Waals surface area (Å²) in [5, 5.41) is 15.9. The SMILES string of the molecule is CC(C)Oc1ccc(C2CC(c3ccc(CN4CCC(C(=O)[O-])CC4)cc3)=NO2)cc1Cl. The second-order valence-corrected chi connectivity index (χ2v) is 9.17. The van der Waals surface area contributed by atoms with Gasteiger partial charge in [-0.3, -0.25) is 4.90 Å². The maximum absolute atomic E-state index is 11.0. The van der Waals surface area contributed by atoms with Crippen LogP contribution in [0.25, 0.3) is 0 Å². The molecule has 2 aromatic rings. The van der Waals surface area contributed by atoms with Gasteiger partial charge in [0.25, 0.3) is 0 Å². The number of oxime groups is 1. The van der Waals surface area contributed by atoms with Gasteiger partial charge in [-0.15, -0.1) is 0 Å². The van der Waals surface area contributed by atoms with Crippen LogP contribution in [0.3, 0.4) is 0 Å². The fourth-order valence-corrected chi connectivity index (χ4v) is 4.41. The van der Waals surface area contributed by atoms with Crippen LogP contribution in [0.4, 0.5) is 0 Å². The second kappa shape index (κ2) is 9.92. The molecule has 0 spiro atoms. The molecule has 2 heterocycles. The Balaban J connectivity index is 1.33. The zero-order valence-electron chi connectivity index (χ0n) is 18.4. The average Bonchev–Trinajstić information content (AvgIpc) is 3.26. The number of hydrogen-bond acceptors (Lipinski definition) is 6. The molecule has 0 saturated carbocycles. The average molecular weight is 456 g/mol. The van der Waals surface area contributed by atoms with Crippen molar-refractivity contribution in [3.8, 4) is 5.75 Å². The smallest absolute Gasteiger partial charge is 0.158 e. The minimum atomic E-state index is -0.922. The fourth-order valence-electron chi connectivity index (χ4n) is 4.18. The number of carbonyl (C=O) groups is 1. The number of nitrogens with zero attached hydrogens (tertiary/aromatic N) is 2. The molecular formula is C25H28ClN2O4-. The van der Waals surface area contributed by atoms with E-state index in [-0.39, 0.29) is 18.1 Å². The third-order valence-electron chi connectivity index (χ3n) is 5.97. The Kier molecular flexibility index (Phi) is 7.01. The van der Waals surface area contributed by atoms with Crippen LogP contribution in [-0.2, 0) is 16.2 Å². The zero-order chi connectivity index (χ0) is 22.7. The Morgan fingerprint density at radius 3 is 2.56 bits per heavy atom. The van der Waals surface area contributed by atoms with Gasteiger partial charge in [-0.25, -0.2) is 0 Å². The molecule has 0 aliphatic carbocycles. The van der Waals surface area contributed by atoms with E-state index >= 15 is 0 Å². The van der Waals surface area contributed by atoms with Gasteiger partial charge in [-0.1, -0.05) is 47.1 Å². The van der Waals surface area contributed by atoms with E-state index in [0.717, 1.165) is 36.5 Å². The molecule has 2 aromatic carbocycles. The van der Waals surface area contributed by atoms with Crippen molar-refractivity contribution in [3.63, 3.8) is 0 Å². The molecular weight excluding hydrogens is 428 g/mol. The molecule has 6 nitrogen and oxygen atoms in total. The van der Waals surface area contributed by atoms with Crippen molar-refractivity contribution in [2.45, 2.75) is 51.9 Å². The second-order valence-electron chi connectivity index (χ2n) is 8.76. The quantitative estimate of drug-likeness (QED) is 0.631. The van der Waals surface area contributed by atoms with E-state index in [1.54, 1.807) is 0 Å². The van der Waals surface area contributed by atoms with Crippen molar-refractivity contribution in [1.29, 1.82) is 0 Å². The first kappa shape index (κ1) is 22.6. The Hall–Kier alpha value is -2.57. The van der Waals surface area contributed by atoms with Gasteiger partial charge in [0.1, 0.15) is 5.75 Å². The summed E-state index contributed by atoms with van der Waals surface area (Å²) in [7, 11) is 0. The number of ether oxygens (including phenoxy) is 1. The Morgan fingerprint density at radius 2 is 1.94 bits per heavy atom. The molecule has 1 fully saturated rings. The van der Waals surface area contributed by atoms with Gasteiger partial charge in [-0.2, -0.15) is 0 Å². The largest absolute Gasteiger partial charge is 0.550 e. The number of hydrogen-bond donors (Lipinski definition) is 0. The van der Waals surface area contributed by atoms with E-state index in [4.69, 9.17) is 21.2 Å². The standard InChI is InChI=1S/C25H29ClN2O4/c1-16(2)31-23-8-7-20(13-21(23)26)24-14-22(27-32-24)18-5-3-17(4-6-18)15-28-11-9-19(10-12-28)25(29)30/h3-8,13,16,19,24H,9-12,14-15H2,1-2H3,(H,29,30)/p-1. The predicted molar refractivity (Wildman–Crippen MR) is 122 cm³/mol. The lowest BCUT2D eigenvalue weighted by atomic mass is 9.96. The number of carboxylic acid groups (broad SMARTS) is 1. The van der Waals surface area contributed by atoms with Crippen molar-refractivity contribution in [2.75, 3.05) is 13.1 Å². The number of rotatable bonds is 7. The van der Waals surface area contributed by atoms with Crippen LogP contribution in [0.1, 0.15) is 55.9 Å². The van der Waals surface area contributed by atoms with Crippen molar-refractivity contribution in [3.05, 3.63) is 64.2 Å². The van der Waals surface area contributed by atoms with Crippen molar-refractivity contribution in [1.82, 2.24) is 4.90 Å². The normalized spacial score (nSPS) is 19.6. The molecule has 170 valence electrons. The highest BCUT2D eigenvalue weighted by atomic mass is 35.5. The number of carboxylic acids is 1. The third kappa shape index (κ3) is 5.43. The molecule has 1 saturated heterocycles. The summed E-state index contributed by atoms with van der Waals surface area (Å²) in [6, 6.07) is 14.1. The van der Waals surface area contributed by atoms with Crippen LogP contribution >= 0.6 is 11.6 Å². The van der Waals surface area contributed by atoms with E-state index in [1.807, 2.05) is 32.0 Å². The summed E-state index contributed by atoms with van der Waals surface area (Å²) in [5.74, 6) is -0.561. The molecule has 32 heavy (non-hydrogen) atoms. The van der Waals surface area contributed by atoms with Crippen LogP contribution in [-0.4, -0.2) is 35.8 Å². The topological polar surface area (TPSA) is 74.2 Å². The maximum Gasteiger partial charge on any atom is 0.158 e. The molecule has 0 amide bonds. The Labute approximate surface area is 193 Å². The summed E-state index contributed by atoms with van der Waals surface area (Å²) in [4.78, 5) is 19.0. The maximum atomic E-state index is 11.0. The molecule has 0 aromatic heterocycles. The summed E-state index contributed by atoms with van der Waals surface area (Å²) in [6.45, 7) is 6.32. The lowest BCUT2D eigenvalue weighted by Crippen LogP contribution is -2.40. The van der Waals surface area contributed by atoms with Crippen LogP contribution in [0, 0.1) is 5.92 Å². The van der Waals surface area contributed by atoms with Crippen molar-refractivity contribution in [2.24, 2.45) is 11.1 Å². The number of piperidine rings is 1. The zero-order valence-corrected chi connectivity index (χ0v) is 19.2. The first-order valence-corrected chi connectivity index (χ1v) is 11.5. The first-order chi connectivity index (χ1) is 15.4. The summed E-state index contributed by atoms with van der Waals surface area (Å²) in [5.41, 5.74) is 4.12. The lowest BCUT2D eigenvalue weighted by molar-refractivity contribution is -0.312. The summed E-state index contributed by atoms with van der Waals surface area (Å²) < 4.78 is 5.70. The minimum absolute atomic E-state index is 0.0628. The summed E-state index contributed by atoms with van der Waals surface area (Å²) >= 11 is 6.37. The van der Waals surface area contributed by atoms with Crippen LogP contribution in [0.2, 0.25) is 5.02 Å². The monoisotopic (exact) mass is 455 g/mol. The predicted octanol–water partition coefficient (Wildman–Crippen LogP) is 3.95. The molecule has 4 rings (SSSR count). The van der Waals surface area contributed by atoms with E-state index < -0.39 is 5.97 Å². The molecule has 1 atom stereocenters. The molecule has 2 aliphatic heterocycles. The van der Waals surface area contributed by atoms with E-state index in [0.29, 0.717) is 30.0 Å². The number of halogens is 1. The lowest BCUT2D eigenvalue weighted by Gasteiger charge is -2.32. The van der Waals surface area contributed by atoms with Crippen molar-refractivity contribution >= 4 is 23.3 Å². The Bertz CT molecular complexity index is 982. The number of carbonyl (C=O) groups excluding carboxylic acids is 1. The van der Waals surface area contributed by atoms with Gasteiger partial charge in [-0.05, 0) is 68.6 Å². The Morgan fingerprint density at radius 1 is 1.22 bits per heavy atom. The van der Waals surface area contributed by atoms with Crippen molar-refractivity contribution < 1.29 is 19.5 Å². The van der Waals surface area contributed by atoms with Gasteiger partial charge < -0.3 is 19.5 Å². The van der Waals surface area contributed by atoms with Crippen LogP contribution in [0.5, 0.6) is 5.75 Å². The van der Waals surface area contributed by atoms with E-state index in [9.17, 15) is 9.90 Å². The first-order valence-electron chi connectivity index (χ1n) is 11.1. The molecule has 0 N–H and O–H groups in total. The van der Waals surface area contributed by atoms with Gasteiger partial charge in [0, 0.05) is 24.9 Å². The van der Waals surface area contributed by atoms with E-state index in [2.05, 4.69) is 34.3 Å². The van der Waals surface area contributed by atoms with Gasteiger partial charge >= 0.3 is 0 Å². The summed E-state index contributed by atoms with van der Waals surface area (Å²) in [6.07, 6.45) is 1.89. The van der Waals surface area contributed by atoms with E-state index in [1.165, 1.54) is 5.56 Å². The fraction of sp³-hybridized carbons (Fsp3) is 0.440. The van der Waals surface area contributed by atoms with Crippen LogP contribution < -0.4 is 9.84 Å². The molecule has 1 unspecified atom stereocenters. The molecule has 2 aliphatic rings. The number of aliphatic carboxylic acids is 1.